The lowest BCUT2D eigenvalue weighted by Crippen LogP contribution is -1.99. The highest BCUT2D eigenvalue weighted by atomic mass is 32.1. The molecule has 1 heterocycles. The fourth-order valence-corrected chi connectivity index (χ4v) is 3.86. The number of aliphatic hydroxyl groups is 1. The molecule has 0 aliphatic rings. The Morgan fingerprint density at radius 1 is 1.14 bits per heavy atom. The minimum atomic E-state index is -0.244. The van der Waals surface area contributed by atoms with Gasteiger partial charge in [0.25, 0.3) is 0 Å². The number of anilines is 1. The Balaban J connectivity index is 2.00. The number of thiazole rings is 1. The van der Waals surface area contributed by atoms with Gasteiger partial charge in [0.05, 0.1) is 22.4 Å². The number of allylic oxidation sites excluding steroid dienone is 2. The first-order chi connectivity index (χ1) is 13.9. The number of benzene rings is 2. The number of carbonyl (C=O) groups excluding carboxylic acids is 1. The number of aromatic nitrogens is 1. The van der Waals surface area contributed by atoms with Crippen molar-refractivity contribution in [2.24, 2.45) is 5.10 Å². The molecule has 0 aliphatic heterocycles. The van der Waals surface area contributed by atoms with E-state index in [1.807, 2.05) is 31.2 Å². The number of carbonyl (C=O) groups is 1. The summed E-state index contributed by atoms with van der Waals surface area (Å²) in [5.74, 6) is -0.180. The van der Waals surface area contributed by atoms with Crippen LogP contribution in [0.25, 0.3) is 16.8 Å². The van der Waals surface area contributed by atoms with Crippen LogP contribution in [0.1, 0.15) is 29.9 Å². The molecule has 0 saturated carbocycles. The van der Waals surface area contributed by atoms with Crippen LogP contribution >= 0.6 is 11.3 Å². The second-order valence-electron chi connectivity index (χ2n) is 6.51. The molecule has 7 heteroatoms. The first-order valence-electron chi connectivity index (χ1n) is 8.93. The van der Waals surface area contributed by atoms with Crippen LogP contribution in [0.15, 0.2) is 59.4 Å². The van der Waals surface area contributed by atoms with E-state index in [9.17, 15) is 15.0 Å². The molecule has 2 aromatic carbocycles. The summed E-state index contributed by atoms with van der Waals surface area (Å²) in [6, 6.07) is 14.6. The van der Waals surface area contributed by atoms with Crippen LogP contribution in [0.4, 0.5) is 5.13 Å². The van der Waals surface area contributed by atoms with E-state index >= 15 is 0 Å². The molecule has 0 atom stereocenters. The Morgan fingerprint density at radius 2 is 1.83 bits per heavy atom. The van der Waals surface area contributed by atoms with Crippen molar-refractivity contribution in [3.63, 3.8) is 0 Å². The van der Waals surface area contributed by atoms with Crippen LogP contribution in [0.2, 0.25) is 0 Å². The fourth-order valence-electron chi connectivity index (χ4n) is 2.78. The molecule has 148 valence electrons. The Hall–Kier alpha value is -3.45. The number of nitrogens with one attached hydrogen (secondary N) is 1. The lowest BCUT2D eigenvalue weighted by Gasteiger charge is -2.06. The average molecular weight is 407 g/mol. The quantitative estimate of drug-likeness (QED) is 0.227. The number of Topliss-reactive ketones (excluding diaryl/α,β-unsaturated/α-hetero) is 1. The third-order valence-electron chi connectivity index (χ3n) is 4.19. The van der Waals surface area contributed by atoms with Crippen molar-refractivity contribution in [3.8, 4) is 17.0 Å². The molecule has 1 aromatic heterocycles. The summed E-state index contributed by atoms with van der Waals surface area (Å²) in [4.78, 5) is 17.3. The maximum Gasteiger partial charge on any atom is 0.204 e. The third-order valence-corrected chi connectivity index (χ3v) is 5.17. The number of rotatable bonds is 6. The monoisotopic (exact) mass is 407 g/mol. The van der Waals surface area contributed by atoms with E-state index in [1.54, 1.807) is 24.3 Å². The Morgan fingerprint density at radius 3 is 2.45 bits per heavy atom. The van der Waals surface area contributed by atoms with Crippen molar-refractivity contribution in [3.05, 3.63) is 70.3 Å². The van der Waals surface area contributed by atoms with Gasteiger partial charge in [-0.05, 0) is 32.9 Å². The molecule has 0 bridgehead atoms. The smallest absolute Gasteiger partial charge is 0.204 e. The van der Waals surface area contributed by atoms with E-state index < -0.39 is 0 Å². The minimum Gasteiger partial charge on any atom is -0.512 e. The van der Waals surface area contributed by atoms with Crippen LogP contribution in [-0.4, -0.2) is 27.2 Å². The molecule has 0 saturated heterocycles. The number of hydrazone groups is 1. The van der Waals surface area contributed by atoms with E-state index in [-0.39, 0.29) is 22.9 Å². The summed E-state index contributed by atoms with van der Waals surface area (Å²) in [6.45, 7) is 4.89. The topological polar surface area (TPSA) is 94.8 Å². The van der Waals surface area contributed by atoms with Gasteiger partial charge in [-0.1, -0.05) is 53.3 Å². The number of aliphatic hydroxyl groups excluding tert-OH is 1. The maximum atomic E-state index is 12.2. The van der Waals surface area contributed by atoms with E-state index in [4.69, 9.17) is 0 Å². The predicted molar refractivity (Wildman–Crippen MR) is 118 cm³/mol. The first-order valence-corrected chi connectivity index (χ1v) is 9.74. The minimum absolute atomic E-state index is 0.0567. The number of nitrogens with zero attached hydrogens (tertiary/aromatic N) is 2. The van der Waals surface area contributed by atoms with Gasteiger partial charge in [0.2, 0.25) is 5.13 Å². The van der Waals surface area contributed by atoms with Crippen LogP contribution in [-0.2, 0) is 4.79 Å². The van der Waals surface area contributed by atoms with Crippen LogP contribution in [0, 0.1) is 6.92 Å². The average Bonchev–Trinajstić information content (AvgIpc) is 3.07. The molecule has 3 aromatic rings. The number of para-hydroxylation sites is 1. The Bertz CT molecular complexity index is 1090. The molecule has 0 fully saturated rings. The highest BCUT2D eigenvalue weighted by molar-refractivity contribution is 7.17. The third kappa shape index (κ3) is 4.70. The van der Waals surface area contributed by atoms with Gasteiger partial charge in [-0.2, -0.15) is 5.10 Å². The van der Waals surface area contributed by atoms with E-state index in [0.29, 0.717) is 21.3 Å². The first kappa shape index (κ1) is 20.3. The highest BCUT2D eigenvalue weighted by Gasteiger charge is 2.21. The molecule has 0 amide bonds. The van der Waals surface area contributed by atoms with Crippen molar-refractivity contribution in [1.82, 2.24) is 4.98 Å². The van der Waals surface area contributed by atoms with Gasteiger partial charge in [0.15, 0.2) is 5.78 Å². The highest BCUT2D eigenvalue weighted by Crippen LogP contribution is 2.37. The van der Waals surface area contributed by atoms with Gasteiger partial charge in [-0.15, -0.1) is 0 Å². The lowest BCUT2D eigenvalue weighted by atomic mass is 10.0. The molecule has 29 heavy (non-hydrogen) atoms. The van der Waals surface area contributed by atoms with Gasteiger partial charge in [-0.25, -0.2) is 4.98 Å². The summed E-state index contributed by atoms with van der Waals surface area (Å²) in [6.07, 6.45) is 1.49. The SMILES string of the molecule is CC(=O)C(=C(C)O)c1sc(NN=Cc2ccccc2O)nc1-c1ccc(C)cc1. The Labute approximate surface area is 172 Å². The van der Waals surface area contributed by atoms with Gasteiger partial charge < -0.3 is 10.2 Å². The summed E-state index contributed by atoms with van der Waals surface area (Å²) in [5.41, 5.74) is 6.17. The zero-order valence-corrected chi connectivity index (χ0v) is 17.1. The number of hydrogen-bond donors (Lipinski definition) is 3. The van der Waals surface area contributed by atoms with Crippen molar-refractivity contribution in [2.45, 2.75) is 20.8 Å². The molecule has 0 aliphatic carbocycles. The number of aryl methyl sites for hydroxylation is 1. The zero-order chi connectivity index (χ0) is 21.0. The Kier molecular flexibility index (Phi) is 6.09. The van der Waals surface area contributed by atoms with Crippen molar-refractivity contribution < 1.29 is 15.0 Å². The summed E-state index contributed by atoms with van der Waals surface area (Å²) in [7, 11) is 0. The number of phenolic OH excluding ortho intramolecular Hbond substituents is 1. The molecule has 0 radical (unpaired) electrons. The molecule has 0 unspecified atom stereocenters. The maximum absolute atomic E-state index is 12.2. The molecule has 6 nitrogen and oxygen atoms in total. The number of phenols is 1. The fraction of sp³-hybridized carbons (Fsp3) is 0.136. The summed E-state index contributed by atoms with van der Waals surface area (Å²) < 4.78 is 0. The van der Waals surface area contributed by atoms with Crippen LogP contribution in [0.5, 0.6) is 5.75 Å². The van der Waals surface area contributed by atoms with E-state index in [1.165, 1.54) is 31.4 Å². The predicted octanol–water partition coefficient (Wildman–Crippen LogP) is 5.15. The zero-order valence-electron chi connectivity index (χ0n) is 16.3. The van der Waals surface area contributed by atoms with Gasteiger partial charge in [-0.3, -0.25) is 10.2 Å². The molecular weight excluding hydrogens is 386 g/mol. The molecular formula is C22H21N3O3S. The standard InChI is InChI=1S/C22H21N3O3S/c1-13-8-10-16(11-9-13)20-21(19(14(2)26)15(3)27)29-22(24-20)25-23-12-17-6-4-5-7-18(17)28/h4-12,26,28H,1-3H3,(H,24,25). The number of aromatic hydroxyl groups is 1. The van der Waals surface area contributed by atoms with E-state index in [0.717, 1.165) is 11.1 Å². The van der Waals surface area contributed by atoms with Crippen molar-refractivity contribution in [1.29, 1.82) is 0 Å². The summed E-state index contributed by atoms with van der Waals surface area (Å²) in [5, 5.41) is 24.5. The number of hydrogen-bond acceptors (Lipinski definition) is 7. The molecule has 0 spiro atoms. The van der Waals surface area contributed by atoms with Crippen LogP contribution < -0.4 is 5.43 Å². The van der Waals surface area contributed by atoms with E-state index in [2.05, 4.69) is 15.5 Å². The second kappa shape index (κ2) is 8.70. The molecule has 3 N–H and O–H groups in total. The van der Waals surface area contributed by atoms with Crippen LogP contribution in [0.3, 0.4) is 0 Å². The molecule has 3 rings (SSSR count). The second-order valence-corrected chi connectivity index (χ2v) is 7.51. The number of ketones is 1. The largest absolute Gasteiger partial charge is 0.512 e. The normalized spacial score (nSPS) is 12.1. The van der Waals surface area contributed by atoms with Gasteiger partial charge in [0.1, 0.15) is 11.5 Å². The summed E-state index contributed by atoms with van der Waals surface area (Å²) >= 11 is 1.23. The van der Waals surface area contributed by atoms with Gasteiger partial charge in [0, 0.05) is 11.1 Å². The van der Waals surface area contributed by atoms with Crippen molar-refractivity contribution in [2.75, 3.05) is 5.43 Å². The van der Waals surface area contributed by atoms with Gasteiger partial charge >= 0.3 is 0 Å². The lowest BCUT2D eigenvalue weighted by molar-refractivity contribution is -0.111. The van der Waals surface area contributed by atoms with Crippen molar-refractivity contribution >= 4 is 34.0 Å².